The van der Waals surface area contributed by atoms with E-state index in [0.29, 0.717) is 23.7 Å². The first-order valence-corrected chi connectivity index (χ1v) is 7.37. The van der Waals surface area contributed by atoms with Crippen molar-refractivity contribution in [2.75, 3.05) is 33.1 Å². The molecule has 1 aliphatic heterocycles. The molecule has 1 unspecified atom stereocenters. The fraction of sp³-hybridized carbons (Fsp3) is 0.462. The van der Waals surface area contributed by atoms with Gasteiger partial charge in [0.25, 0.3) is 5.91 Å². The quantitative estimate of drug-likeness (QED) is 0.607. The van der Waals surface area contributed by atoms with Crippen molar-refractivity contribution in [2.24, 2.45) is 0 Å². The molecule has 20 heavy (non-hydrogen) atoms. The molecule has 0 aliphatic carbocycles. The fourth-order valence-electron chi connectivity index (χ4n) is 2.05. The Balaban J connectivity index is 2.27. The number of hydrogen-bond acceptors (Lipinski definition) is 6. The van der Waals surface area contributed by atoms with Crippen LogP contribution in [0, 0.1) is 0 Å². The summed E-state index contributed by atoms with van der Waals surface area (Å²) < 4.78 is 9.99. The van der Waals surface area contributed by atoms with Gasteiger partial charge in [0.15, 0.2) is 6.04 Å². The molecule has 1 aromatic heterocycles. The van der Waals surface area contributed by atoms with Gasteiger partial charge < -0.3 is 14.4 Å². The molecular formula is C13H16N2O4S. The van der Waals surface area contributed by atoms with Crippen molar-refractivity contribution in [1.29, 1.82) is 0 Å². The Morgan fingerprint density at radius 3 is 3.05 bits per heavy atom. The second-order valence-corrected chi connectivity index (χ2v) is 4.97. The van der Waals surface area contributed by atoms with Crippen LogP contribution in [0.3, 0.4) is 0 Å². The van der Waals surface area contributed by atoms with E-state index in [1.807, 2.05) is 6.26 Å². The summed E-state index contributed by atoms with van der Waals surface area (Å²) >= 11 is 1.40. The smallest absolute Gasteiger partial charge is 0.331 e. The lowest BCUT2D eigenvalue weighted by Gasteiger charge is -2.33. The normalized spacial score (nSPS) is 18.7. The van der Waals surface area contributed by atoms with E-state index < -0.39 is 12.0 Å². The van der Waals surface area contributed by atoms with E-state index in [9.17, 15) is 9.59 Å². The number of rotatable bonds is 3. The molecule has 1 saturated heterocycles. The summed E-state index contributed by atoms with van der Waals surface area (Å²) in [6.45, 7) is 0.933. The van der Waals surface area contributed by atoms with Gasteiger partial charge in [0, 0.05) is 12.7 Å². The SMILES string of the molecule is COC(=O)C1COCCN1C(=O)c1cccnc1SC. The van der Waals surface area contributed by atoms with Gasteiger partial charge in [-0.2, -0.15) is 0 Å². The molecule has 1 fully saturated rings. The molecule has 0 bridgehead atoms. The number of methoxy groups -OCH3 is 1. The van der Waals surface area contributed by atoms with Gasteiger partial charge in [-0.15, -0.1) is 11.8 Å². The summed E-state index contributed by atoms with van der Waals surface area (Å²) in [5.41, 5.74) is 0.496. The van der Waals surface area contributed by atoms with Gasteiger partial charge in [0.2, 0.25) is 0 Å². The molecule has 1 amide bonds. The summed E-state index contributed by atoms with van der Waals surface area (Å²) in [6.07, 6.45) is 3.50. The van der Waals surface area contributed by atoms with Crippen LogP contribution in [0.2, 0.25) is 0 Å². The molecule has 0 radical (unpaired) electrons. The Morgan fingerprint density at radius 1 is 1.55 bits per heavy atom. The van der Waals surface area contributed by atoms with Gasteiger partial charge in [0.05, 0.1) is 25.9 Å². The van der Waals surface area contributed by atoms with Crippen LogP contribution in [0.1, 0.15) is 10.4 Å². The summed E-state index contributed by atoms with van der Waals surface area (Å²) in [5.74, 6) is -0.686. The molecule has 1 atom stereocenters. The molecule has 0 spiro atoms. The van der Waals surface area contributed by atoms with E-state index in [-0.39, 0.29) is 12.5 Å². The van der Waals surface area contributed by atoms with Crippen LogP contribution in [-0.4, -0.2) is 60.9 Å². The molecule has 6 nitrogen and oxygen atoms in total. The van der Waals surface area contributed by atoms with Gasteiger partial charge in [-0.25, -0.2) is 9.78 Å². The summed E-state index contributed by atoms with van der Waals surface area (Å²) in [6, 6.07) is 2.72. The number of nitrogens with zero attached hydrogens (tertiary/aromatic N) is 2. The first-order chi connectivity index (χ1) is 9.69. The second-order valence-electron chi connectivity index (χ2n) is 4.17. The second kappa shape index (κ2) is 6.71. The maximum absolute atomic E-state index is 12.6. The maximum Gasteiger partial charge on any atom is 0.331 e. The van der Waals surface area contributed by atoms with E-state index in [0.717, 1.165) is 0 Å². The van der Waals surface area contributed by atoms with Crippen LogP contribution in [0.5, 0.6) is 0 Å². The maximum atomic E-state index is 12.6. The molecule has 2 rings (SSSR count). The number of pyridine rings is 1. The monoisotopic (exact) mass is 296 g/mol. The van der Waals surface area contributed by atoms with Crippen molar-refractivity contribution >= 4 is 23.6 Å². The molecule has 2 heterocycles. The molecule has 0 saturated carbocycles. The van der Waals surface area contributed by atoms with E-state index in [4.69, 9.17) is 9.47 Å². The van der Waals surface area contributed by atoms with Crippen LogP contribution < -0.4 is 0 Å². The minimum Gasteiger partial charge on any atom is -0.467 e. The van der Waals surface area contributed by atoms with E-state index >= 15 is 0 Å². The van der Waals surface area contributed by atoms with E-state index in [1.54, 1.807) is 18.3 Å². The number of aromatic nitrogens is 1. The summed E-state index contributed by atoms with van der Waals surface area (Å²) in [4.78, 5) is 30.0. The highest BCUT2D eigenvalue weighted by Gasteiger charge is 2.34. The number of carbonyl (C=O) groups excluding carboxylic acids is 2. The van der Waals surface area contributed by atoms with E-state index in [1.165, 1.54) is 23.8 Å². The highest BCUT2D eigenvalue weighted by atomic mass is 32.2. The van der Waals surface area contributed by atoms with E-state index in [2.05, 4.69) is 4.98 Å². The van der Waals surface area contributed by atoms with Crippen molar-refractivity contribution in [2.45, 2.75) is 11.1 Å². The number of thioether (sulfide) groups is 1. The van der Waals surface area contributed by atoms with Gasteiger partial charge in [-0.05, 0) is 18.4 Å². The van der Waals surface area contributed by atoms with Crippen molar-refractivity contribution in [3.63, 3.8) is 0 Å². The Bertz CT molecular complexity index is 509. The predicted octanol–water partition coefficient (Wildman–Crippen LogP) is 0.817. The minimum atomic E-state index is -0.698. The molecule has 1 aliphatic rings. The largest absolute Gasteiger partial charge is 0.467 e. The highest BCUT2D eigenvalue weighted by Crippen LogP contribution is 2.21. The van der Waals surface area contributed by atoms with Gasteiger partial charge >= 0.3 is 5.97 Å². The van der Waals surface area contributed by atoms with Crippen LogP contribution in [0.25, 0.3) is 0 Å². The lowest BCUT2D eigenvalue weighted by molar-refractivity contribution is -0.151. The average molecular weight is 296 g/mol. The number of esters is 1. The van der Waals surface area contributed by atoms with Gasteiger partial charge in [-0.1, -0.05) is 0 Å². The van der Waals surface area contributed by atoms with Crippen LogP contribution >= 0.6 is 11.8 Å². The third-order valence-corrected chi connectivity index (χ3v) is 3.77. The number of ether oxygens (including phenoxy) is 2. The Kier molecular flexibility index (Phi) is 4.97. The van der Waals surface area contributed by atoms with Gasteiger partial charge in [-0.3, -0.25) is 4.79 Å². The first-order valence-electron chi connectivity index (χ1n) is 6.14. The van der Waals surface area contributed by atoms with Crippen LogP contribution in [0.15, 0.2) is 23.4 Å². The van der Waals surface area contributed by atoms with Gasteiger partial charge in [0.1, 0.15) is 5.03 Å². The lowest BCUT2D eigenvalue weighted by Crippen LogP contribution is -2.53. The Hall–Kier alpha value is -1.60. The van der Waals surface area contributed by atoms with Crippen molar-refractivity contribution in [3.8, 4) is 0 Å². The summed E-state index contributed by atoms with van der Waals surface area (Å²) in [7, 11) is 1.30. The standard InChI is InChI=1S/C13H16N2O4S/c1-18-13(17)10-8-19-7-6-15(10)12(16)9-4-3-5-14-11(9)20-2/h3-5,10H,6-8H2,1-2H3. The zero-order valence-electron chi connectivity index (χ0n) is 11.4. The third-order valence-electron chi connectivity index (χ3n) is 3.06. The Morgan fingerprint density at radius 2 is 2.35 bits per heavy atom. The zero-order chi connectivity index (χ0) is 14.5. The van der Waals surface area contributed by atoms with Crippen molar-refractivity contribution < 1.29 is 19.1 Å². The average Bonchev–Trinajstić information content (AvgIpc) is 2.53. The number of morpholine rings is 1. The molecule has 0 N–H and O–H groups in total. The van der Waals surface area contributed by atoms with Crippen molar-refractivity contribution in [1.82, 2.24) is 9.88 Å². The molecule has 1 aromatic rings. The van der Waals surface area contributed by atoms with Crippen LogP contribution in [0.4, 0.5) is 0 Å². The highest BCUT2D eigenvalue weighted by molar-refractivity contribution is 7.98. The van der Waals surface area contributed by atoms with Crippen LogP contribution in [-0.2, 0) is 14.3 Å². The zero-order valence-corrected chi connectivity index (χ0v) is 12.2. The number of carbonyl (C=O) groups is 2. The molecular weight excluding hydrogens is 280 g/mol. The number of amides is 1. The Labute approximate surface area is 121 Å². The molecule has 7 heteroatoms. The third kappa shape index (κ3) is 2.94. The minimum absolute atomic E-state index is 0.160. The first kappa shape index (κ1) is 14.8. The topological polar surface area (TPSA) is 68.7 Å². The predicted molar refractivity (Wildman–Crippen MR) is 73.7 cm³/mol. The molecule has 0 aromatic carbocycles. The number of hydrogen-bond donors (Lipinski definition) is 0. The summed E-state index contributed by atoms with van der Waals surface area (Å²) in [5, 5.41) is 0.646. The fourth-order valence-corrected chi connectivity index (χ4v) is 2.59. The molecule has 108 valence electrons. The lowest BCUT2D eigenvalue weighted by atomic mass is 10.1. The van der Waals surface area contributed by atoms with Crippen molar-refractivity contribution in [3.05, 3.63) is 23.9 Å².